The minimum atomic E-state index is -0.691. The molecule has 0 heterocycles. The highest BCUT2D eigenvalue weighted by molar-refractivity contribution is 5.70. The minimum Gasteiger partial charge on any atom is -0.481 e. The van der Waals surface area contributed by atoms with Crippen molar-refractivity contribution in [3.8, 4) is 0 Å². The first-order chi connectivity index (χ1) is 7.15. The second kappa shape index (κ2) is 6.11. The Kier molecular flexibility index (Phi) is 5.09. The van der Waals surface area contributed by atoms with Crippen LogP contribution in [0.1, 0.15) is 46.0 Å². The van der Waals surface area contributed by atoms with Gasteiger partial charge in [-0.05, 0) is 31.6 Å². The van der Waals surface area contributed by atoms with Crippen molar-refractivity contribution >= 4 is 5.97 Å². The fourth-order valence-electron chi connectivity index (χ4n) is 2.17. The van der Waals surface area contributed by atoms with Gasteiger partial charge in [0.05, 0.1) is 12.0 Å². The summed E-state index contributed by atoms with van der Waals surface area (Å²) in [5.74, 6) is -0.367. The molecule has 1 saturated carbocycles. The molecule has 1 aliphatic carbocycles. The molecule has 88 valence electrons. The average Bonchev–Trinajstić information content (AvgIpc) is 2.18. The summed E-state index contributed by atoms with van der Waals surface area (Å²) in [5.41, 5.74) is 0. The molecular formula is C12H22O3. The summed E-state index contributed by atoms with van der Waals surface area (Å²) in [6.07, 6.45) is 4.76. The van der Waals surface area contributed by atoms with Gasteiger partial charge in [-0.1, -0.05) is 20.3 Å². The van der Waals surface area contributed by atoms with Gasteiger partial charge in [-0.2, -0.15) is 0 Å². The van der Waals surface area contributed by atoms with Gasteiger partial charge in [0.25, 0.3) is 0 Å². The van der Waals surface area contributed by atoms with E-state index in [4.69, 9.17) is 9.84 Å². The first-order valence-corrected chi connectivity index (χ1v) is 5.99. The molecule has 0 spiro atoms. The lowest BCUT2D eigenvalue weighted by atomic mass is 9.80. The number of hydrogen-bond acceptors (Lipinski definition) is 2. The smallest absolute Gasteiger partial charge is 0.309 e. The summed E-state index contributed by atoms with van der Waals surface area (Å²) in [6.45, 7) is 4.99. The molecule has 0 bridgehead atoms. The zero-order valence-corrected chi connectivity index (χ0v) is 9.74. The Bertz CT molecular complexity index is 203. The van der Waals surface area contributed by atoms with Crippen LogP contribution in [0.25, 0.3) is 0 Å². The van der Waals surface area contributed by atoms with Gasteiger partial charge in [-0.25, -0.2) is 0 Å². The maximum Gasteiger partial charge on any atom is 0.309 e. The molecule has 0 aromatic rings. The fraction of sp³-hybridized carbons (Fsp3) is 0.917. The lowest BCUT2D eigenvalue weighted by molar-refractivity contribution is -0.150. The zero-order chi connectivity index (χ0) is 11.3. The summed E-state index contributed by atoms with van der Waals surface area (Å²) in [7, 11) is 0. The second-order valence-electron chi connectivity index (χ2n) is 4.63. The van der Waals surface area contributed by atoms with Crippen molar-refractivity contribution in [2.45, 2.75) is 52.1 Å². The molecule has 1 N–H and O–H groups in total. The van der Waals surface area contributed by atoms with E-state index in [1.807, 2.05) is 0 Å². The summed E-state index contributed by atoms with van der Waals surface area (Å²) < 4.78 is 5.69. The first-order valence-electron chi connectivity index (χ1n) is 5.99. The van der Waals surface area contributed by atoms with Gasteiger partial charge in [0.15, 0.2) is 0 Å². The molecule has 1 aliphatic rings. The van der Waals surface area contributed by atoms with Crippen molar-refractivity contribution in [2.24, 2.45) is 11.8 Å². The zero-order valence-electron chi connectivity index (χ0n) is 9.74. The van der Waals surface area contributed by atoms with Crippen molar-refractivity contribution in [3.05, 3.63) is 0 Å². The number of rotatable bonds is 5. The SMILES string of the molecule is CCCCOC1CC(C)CCC1C(=O)O. The van der Waals surface area contributed by atoms with E-state index in [9.17, 15) is 4.79 Å². The van der Waals surface area contributed by atoms with Crippen LogP contribution < -0.4 is 0 Å². The number of ether oxygens (including phenoxy) is 1. The summed E-state index contributed by atoms with van der Waals surface area (Å²) in [4.78, 5) is 11.0. The van der Waals surface area contributed by atoms with Crippen LogP contribution in [0.4, 0.5) is 0 Å². The van der Waals surface area contributed by atoms with E-state index >= 15 is 0 Å². The van der Waals surface area contributed by atoms with E-state index in [0.717, 1.165) is 32.1 Å². The van der Waals surface area contributed by atoms with Gasteiger partial charge >= 0.3 is 5.97 Å². The Balaban J connectivity index is 2.43. The monoisotopic (exact) mass is 214 g/mol. The third-order valence-electron chi connectivity index (χ3n) is 3.20. The molecule has 15 heavy (non-hydrogen) atoms. The van der Waals surface area contributed by atoms with Gasteiger partial charge < -0.3 is 9.84 Å². The molecule has 3 atom stereocenters. The second-order valence-corrected chi connectivity index (χ2v) is 4.63. The van der Waals surface area contributed by atoms with Gasteiger partial charge in [0, 0.05) is 6.61 Å². The van der Waals surface area contributed by atoms with Crippen LogP contribution in [0.3, 0.4) is 0 Å². The summed E-state index contributed by atoms with van der Waals surface area (Å²) in [5, 5.41) is 9.07. The van der Waals surface area contributed by atoms with Crippen LogP contribution in [0.2, 0.25) is 0 Å². The van der Waals surface area contributed by atoms with Gasteiger partial charge in [0.1, 0.15) is 0 Å². The first kappa shape index (κ1) is 12.5. The minimum absolute atomic E-state index is 0.0576. The molecule has 0 aromatic heterocycles. The molecule has 3 nitrogen and oxygen atoms in total. The van der Waals surface area contributed by atoms with Crippen LogP contribution in [-0.4, -0.2) is 23.8 Å². The summed E-state index contributed by atoms with van der Waals surface area (Å²) >= 11 is 0. The highest BCUT2D eigenvalue weighted by atomic mass is 16.5. The average molecular weight is 214 g/mol. The number of carboxylic acids is 1. The van der Waals surface area contributed by atoms with Crippen LogP contribution >= 0.6 is 0 Å². The molecule has 0 aliphatic heterocycles. The molecule has 0 saturated heterocycles. The quantitative estimate of drug-likeness (QED) is 0.716. The van der Waals surface area contributed by atoms with Crippen LogP contribution in [0.5, 0.6) is 0 Å². The van der Waals surface area contributed by atoms with Crippen LogP contribution in [0, 0.1) is 11.8 Å². The number of carboxylic acid groups (broad SMARTS) is 1. The van der Waals surface area contributed by atoms with E-state index in [1.54, 1.807) is 0 Å². The molecule has 0 aromatic carbocycles. The van der Waals surface area contributed by atoms with Crippen molar-refractivity contribution in [1.29, 1.82) is 0 Å². The number of carbonyl (C=O) groups is 1. The third kappa shape index (κ3) is 3.82. The van der Waals surface area contributed by atoms with E-state index in [0.29, 0.717) is 12.5 Å². The molecular weight excluding hydrogens is 192 g/mol. The molecule has 0 amide bonds. The predicted octanol–water partition coefficient (Wildman–Crippen LogP) is 2.69. The third-order valence-corrected chi connectivity index (χ3v) is 3.20. The summed E-state index contributed by atoms with van der Waals surface area (Å²) in [6, 6.07) is 0. The Hall–Kier alpha value is -0.570. The van der Waals surface area contributed by atoms with Crippen molar-refractivity contribution < 1.29 is 14.6 Å². The molecule has 1 rings (SSSR count). The van der Waals surface area contributed by atoms with Crippen LogP contribution in [-0.2, 0) is 9.53 Å². The number of aliphatic carboxylic acids is 1. The number of unbranched alkanes of at least 4 members (excludes halogenated alkanes) is 1. The lowest BCUT2D eigenvalue weighted by Crippen LogP contribution is -2.36. The molecule has 1 fully saturated rings. The largest absolute Gasteiger partial charge is 0.481 e. The van der Waals surface area contributed by atoms with E-state index in [-0.39, 0.29) is 12.0 Å². The Morgan fingerprint density at radius 2 is 2.20 bits per heavy atom. The molecule has 3 heteroatoms. The Labute approximate surface area is 91.8 Å². The van der Waals surface area contributed by atoms with Crippen LogP contribution in [0.15, 0.2) is 0 Å². The predicted molar refractivity (Wildman–Crippen MR) is 58.8 cm³/mol. The van der Waals surface area contributed by atoms with Gasteiger partial charge in [0.2, 0.25) is 0 Å². The van der Waals surface area contributed by atoms with Gasteiger partial charge in [-0.3, -0.25) is 4.79 Å². The van der Waals surface area contributed by atoms with Crippen molar-refractivity contribution in [3.63, 3.8) is 0 Å². The van der Waals surface area contributed by atoms with Crippen molar-refractivity contribution in [2.75, 3.05) is 6.61 Å². The standard InChI is InChI=1S/C12H22O3/c1-3-4-7-15-11-8-9(2)5-6-10(11)12(13)14/h9-11H,3-8H2,1-2H3,(H,13,14). The van der Waals surface area contributed by atoms with E-state index in [2.05, 4.69) is 13.8 Å². The maximum atomic E-state index is 11.0. The number of hydrogen-bond donors (Lipinski definition) is 1. The van der Waals surface area contributed by atoms with E-state index < -0.39 is 5.97 Å². The fourth-order valence-corrected chi connectivity index (χ4v) is 2.17. The van der Waals surface area contributed by atoms with Crippen molar-refractivity contribution in [1.82, 2.24) is 0 Å². The van der Waals surface area contributed by atoms with Gasteiger partial charge in [-0.15, -0.1) is 0 Å². The normalized spacial score (nSPS) is 31.5. The Morgan fingerprint density at radius 3 is 2.80 bits per heavy atom. The maximum absolute atomic E-state index is 11.0. The highest BCUT2D eigenvalue weighted by Gasteiger charge is 2.34. The highest BCUT2D eigenvalue weighted by Crippen LogP contribution is 2.31. The molecule has 3 unspecified atom stereocenters. The molecule has 0 radical (unpaired) electrons. The lowest BCUT2D eigenvalue weighted by Gasteiger charge is -2.32. The topological polar surface area (TPSA) is 46.5 Å². The Morgan fingerprint density at radius 1 is 1.47 bits per heavy atom. The van der Waals surface area contributed by atoms with E-state index in [1.165, 1.54) is 0 Å².